The molecule has 1 aliphatic heterocycles. The van der Waals surface area contributed by atoms with Gasteiger partial charge in [0, 0.05) is 44.5 Å². The summed E-state index contributed by atoms with van der Waals surface area (Å²) in [6.45, 7) is 8.35. The van der Waals surface area contributed by atoms with E-state index in [1.165, 1.54) is 17.7 Å². The molecule has 36 heavy (non-hydrogen) atoms. The van der Waals surface area contributed by atoms with Gasteiger partial charge in [0.15, 0.2) is 0 Å². The van der Waals surface area contributed by atoms with Crippen molar-refractivity contribution in [2.24, 2.45) is 0 Å². The molecule has 0 unspecified atom stereocenters. The van der Waals surface area contributed by atoms with Gasteiger partial charge >= 0.3 is 6.18 Å². The largest absolute Gasteiger partial charge is 0.416 e. The van der Waals surface area contributed by atoms with Crippen LogP contribution in [0.3, 0.4) is 0 Å². The lowest BCUT2D eigenvalue weighted by molar-refractivity contribution is -0.137. The molecular weight excluding hydrogens is 467 g/mol. The summed E-state index contributed by atoms with van der Waals surface area (Å²) in [5, 5.41) is 6.49. The topological polar surface area (TPSA) is 69.2 Å². The predicted molar refractivity (Wildman–Crippen MR) is 136 cm³/mol. The third-order valence-electron chi connectivity index (χ3n) is 6.31. The van der Waals surface area contributed by atoms with Crippen LogP contribution in [0, 0.1) is 0 Å². The zero-order valence-corrected chi connectivity index (χ0v) is 20.6. The van der Waals surface area contributed by atoms with Crippen LogP contribution in [0.15, 0.2) is 54.6 Å². The first-order valence-corrected chi connectivity index (χ1v) is 12.3. The van der Waals surface area contributed by atoms with Crippen molar-refractivity contribution in [3.63, 3.8) is 0 Å². The molecule has 192 valence electrons. The fourth-order valence-electron chi connectivity index (χ4n) is 4.26. The van der Waals surface area contributed by atoms with Crippen LogP contribution in [0.4, 0.5) is 36.7 Å². The van der Waals surface area contributed by atoms with Crippen LogP contribution in [0.25, 0.3) is 0 Å². The van der Waals surface area contributed by atoms with Gasteiger partial charge in [-0.1, -0.05) is 30.3 Å². The van der Waals surface area contributed by atoms with Gasteiger partial charge in [0.25, 0.3) is 0 Å². The van der Waals surface area contributed by atoms with Crippen LogP contribution in [0.2, 0.25) is 0 Å². The minimum absolute atomic E-state index is 0.225. The number of likely N-dealkylation sites (tertiary alicyclic amines) is 1. The molecule has 0 bridgehead atoms. The number of hydrogen-bond acceptors (Lipinski definition) is 7. The second-order valence-electron chi connectivity index (χ2n) is 8.84. The smallest absolute Gasteiger partial charge is 0.351 e. The Morgan fingerprint density at radius 1 is 0.889 bits per heavy atom. The van der Waals surface area contributed by atoms with Crippen molar-refractivity contribution >= 4 is 23.5 Å². The van der Waals surface area contributed by atoms with Gasteiger partial charge in [0.1, 0.15) is 0 Å². The van der Waals surface area contributed by atoms with Crippen LogP contribution >= 0.6 is 0 Å². The summed E-state index contributed by atoms with van der Waals surface area (Å²) < 4.78 is 38.7. The molecule has 0 radical (unpaired) electrons. The van der Waals surface area contributed by atoms with E-state index < -0.39 is 11.7 Å². The number of rotatable bonds is 9. The number of aromatic nitrogens is 3. The molecular formula is C26H32F3N7. The van der Waals surface area contributed by atoms with E-state index >= 15 is 0 Å². The molecule has 10 heteroatoms. The van der Waals surface area contributed by atoms with Gasteiger partial charge in [-0.05, 0) is 56.5 Å². The number of halogens is 3. The Morgan fingerprint density at radius 3 is 2.14 bits per heavy atom. The van der Waals surface area contributed by atoms with Crippen LogP contribution < -0.4 is 15.5 Å². The van der Waals surface area contributed by atoms with Gasteiger partial charge in [-0.2, -0.15) is 28.1 Å². The van der Waals surface area contributed by atoms with E-state index in [-0.39, 0.29) is 12.0 Å². The minimum atomic E-state index is -4.38. The summed E-state index contributed by atoms with van der Waals surface area (Å²) in [5.41, 5.74) is 1.08. The first-order chi connectivity index (χ1) is 17.3. The maximum Gasteiger partial charge on any atom is 0.416 e. The van der Waals surface area contributed by atoms with Crippen LogP contribution in [-0.2, 0) is 12.7 Å². The van der Waals surface area contributed by atoms with Crippen LogP contribution in [0.1, 0.15) is 37.8 Å². The molecule has 7 nitrogen and oxygen atoms in total. The van der Waals surface area contributed by atoms with Gasteiger partial charge in [-0.25, -0.2) is 0 Å². The molecule has 0 spiro atoms. The van der Waals surface area contributed by atoms with E-state index in [1.807, 2.05) is 24.8 Å². The number of nitrogens with zero attached hydrogens (tertiary/aromatic N) is 5. The van der Waals surface area contributed by atoms with Crippen molar-refractivity contribution in [1.29, 1.82) is 0 Å². The SMILES string of the molecule is CCN(CC)c1nc(Nc2ccc(C(F)(F)F)cc2)nc(NC2CCN(Cc3ccccc3)CC2)n1. The van der Waals surface area contributed by atoms with Crippen LogP contribution in [-0.4, -0.2) is 52.1 Å². The Balaban J connectivity index is 1.45. The van der Waals surface area contributed by atoms with E-state index in [0.29, 0.717) is 17.6 Å². The summed E-state index contributed by atoms with van der Waals surface area (Å²) >= 11 is 0. The highest BCUT2D eigenvalue weighted by Gasteiger charge is 2.30. The lowest BCUT2D eigenvalue weighted by Crippen LogP contribution is -2.39. The highest BCUT2D eigenvalue weighted by atomic mass is 19.4. The highest BCUT2D eigenvalue weighted by molar-refractivity contribution is 5.56. The summed E-state index contributed by atoms with van der Waals surface area (Å²) in [6, 6.07) is 15.5. The Morgan fingerprint density at radius 2 is 1.53 bits per heavy atom. The second kappa shape index (κ2) is 11.6. The Hall–Kier alpha value is -3.40. The molecule has 1 saturated heterocycles. The number of benzene rings is 2. The Kier molecular flexibility index (Phi) is 8.25. The molecule has 2 N–H and O–H groups in total. The maximum atomic E-state index is 12.9. The molecule has 0 saturated carbocycles. The third kappa shape index (κ3) is 6.84. The molecule has 2 aromatic carbocycles. The maximum absolute atomic E-state index is 12.9. The summed E-state index contributed by atoms with van der Waals surface area (Å²) in [4.78, 5) is 18.1. The van der Waals surface area contributed by atoms with Gasteiger partial charge in [-0.15, -0.1) is 0 Å². The average molecular weight is 500 g/mol. The van der Waals surface area contributed by atoms with Crippen molar-refractivity contribution in [3.05, 3.63) is 65.7 Å². The first kappa shape index (κ1) is 25.7. The Labute approximate surface area is 209 Å². The van der Waals surface area contributed by atoms with E-state index in [4.69, 9.17) is 0 Å². The average Bonchev–Trinajstić information content (AvgIpc) is 2.86. The lowest BCUT2D eigenvalue weighted by Gasteiger charge is -2.32. The second-order valence-corrected chi connectivity index (χ2v) is 8.84. The fourth-order valence-corrected chi connectivity index (χ4v) is 4.26. The fraction of sp³-hybridized carbons (Fsp3) is 0.423. The first-order valence-electron chi connectivity index (χ1n) is 12.3. The van der Waals surface area contributed by atoms with Crippen molar-refractivity contribution in [2.75, 3.05) is 41.7 Å². The Bertz CT molecular complexity index is 1090. The summed E-state index contributed by atoms with van der Waals surface area (Å²) in [7, 11) is 0. The molecule has 2 heterocycles. The van der Waals surface area contributed by atoms with Gasteiger partial charge in [0.05, 0.1) is 5.56 Å². The number of alkyl halides is 3. The van der Waals surface area contributed by atoms with Gasteiger partial charge in [0.2, 0.25) is 17.8 Å². The molecule has 0 amide bonds. The van der Waals surface area contributed by atoms with Crippen molar-refractivity contribution < 1.29 is 13.2 Å². The lowest BCUT2D eigenvalue weighted by atomic mass is 10.0. The number of nitrogens with one attached hydrogen (secondary N) is 2. The zero-order chi connectivity index (χ0) is 25.5. The van der Waals surface area contributed by atoms with Crippen molar-refractivity contribution in [2.45, 2.75) is 45.5 Å². The van der Waals surface area contributed by atoms with Gasteiger partial charge < -0.3 is 15.5 Å². The van der Waals surface area contributed by atoms with Crippen molar-refractivity contribution in [3.8, 4) is 0 Å². The van der Waals surface area contributed by atoms with E-state index in [1.54, 1.807) is 0 Å². The van der Waals surface area contributed by atoms with E-state index in [0.717, 1.165) is 57.7 Å². The van der Waals surface area contributed by atoms with E-state index in [2.05, 4.69) is 54.8 Å². The normalized spacial score (nSPS) is 15.0. The third-order valence-corrected chi connectivity index (χ3v) is 6.31. The molecule has 1 fully saturated rings. The molecule has 1 aliphatic rings. The summed E-state index contributed by atoms with van der Waals surface area (Å²) in [5.74, 6) is 1.27. The van der Waals surface area contributed by atoms with Crippen LogP contribution in [0.5, 0.6) is 0 Å². The predicted octanol–water partition coefficient (Wildman–Crippen LogP) is 5.56. The summed E-state index contributed by atoms with van der Waals surface area (Å²) in [6.07, 6.45) is -2.46. The number of piperidine rings is 1. The molecule has 1 aromatic heterocycles. The minimum Gasteiger partial charge on any atom is -0.351 e. The number of hydrogen-bond donors (Lipinski definition) is 2. The van der Waals surface area contributed by atoms with E-state index in [9.17, 15) is 13.2 Å². The van der Waals surface area contributed by atoms with Gasteiger partial charge in [-0.3, -0.25) is 4.90 Å². The zero-order valence-electron chi connectivity index (χ0n) is 20.6. The standard InChI is InChI=1S/C26H32F3N7/c1-3-36(4-2)25-33-23(30-21-12-10-20(11-13-21)26(27,28)29)32-24(34-25)31-22-14-16-35(17-15-22)18-19-8-6-5-7-9-19/h5-13,22H,3-4,14-18H2,1-2H3,(H2,30,31,32,33,34). The monoisotopic (exact) mass is 499 g/mol. The molecule has 4 rings (SSSR count). The quantitative estimate of drug-likeness (QED) is 0.400. The molecule has 0 atom stereocenters. The number of anilines is 4. The highest BCUT2D eigenvalue weighted by Crippen LogP contribution is 2.30. The molecule has 3 aromatic rings. The molecule has 0 aliphatic carbocycles. The van der Waals surface area contributed by atoms with Crippen molar-refractivity contribution in [1.82, 2.24) is 19.9 Å².